The summed E-state index contributed by atoms with van der Waals surface area (Å²) < 4.78 is 46.6. The van der Waals surface area contributed by atoms with E-state index in [1.165, 1.54) is 0 Å². The summed E-state index contributed by atoms with van der Waals surface area (Å²) in [5, 5.41) is 236. The van der Waals surface area contributed by atoms with Gasteiger partial charge in [0.1, 0.15) is 153 Å². The Bertz CT molecular complexity index is 1800. The molecule has 0 radical (unpaired) electrons. The van der Waals surface area contributed by atoms with Gasteiger partial charge in [-0.25, -0.2) is 0 Å². The average Bonchev–Trinajstić information content (AvgIpc) is 3.40. The molecule has 4 aliphatic rings. The topological polar surface area (TPSA) is 600 Å². The number of carbonyl (C=O) groups excluding carboxylic acids is 3. The van der Waals surface area contributed by atoms with E-state index >= 15 is 0 Å². The lowest BCUT2D eigenvalue weighted by atomic mass is 9.94. The van der Waals surface area contributed by atoms with E-state index in [-0.39, 0.29) is 0 Å². The second-order valence-corrected chi connectivity index (χ2v) is 18.4. The molecular formula is C41H70O35. The number of ketones is 2. The summed E-state index contributed by atoms with van der Waals surface area (Å²) in [6, 6.07) is 0. The summed E-state index contributed by atoms with van der Waals surface area (Å²) >= 11 is 0. The minimum Gasteiger partial charge on any atom is -0.425 e. The lowest BCUT2D eigenvalue weighted by molar-refractivity contribution is -0.333. The number of hydrogen-bond acceptors (Lipinski definition) is 35. The lowest BCUT2D eigenvalue weighted by Gasteiger charge is -2.42. The smallest absolute Gasteiger partial charge is 0.316 e. The van der Waals surface area contributed by atoms with Gasteiger partial charge < -0.3 is 160 Å². The van der Waals surface area contributed by atoms with E-state index in [2.05, 4.69) is 4.74 Å². The second-order valence-electron chi connectivity index (χ2n) is 18.4. The standard InChI is InChI=1S/C41H70O35/c1-2-41(67,36(66)31(61)26(56)20(50)12(46)7-69-38-35(65)30(60)24(54)16(75-38)9-71-40-33(63)28(58)22(52)14(5-43)73-40)76-17(47)3-10(44)18(48)25(55)19(49)11(45)6-68-37-34(64)29(59)23(53)15(74-37)8-70-39-32(62)27(57)21(51)13(4-42)72-39/h11-16,18-35,37-40,42-43,45-46,48-65,67H,2-9H2,1H3/t11-,12-,13-,14-,15-,16-,18+,19-,20-,21-,22-,23-,24-,25-,26+,27+,28+,29+,30+,31-,32-,33-,34-,35-,37+,38+,39+,40+,41?/m1/s1. The first-order valence-corrected chi connectivity index (χ1v) is 23.4. The zero-order valence-corrected chi connectivity index (χ0v) is 40.0. The van der Waals surface area contributed by atoms with Gasteiger partial charge in [-0.3, -0.25) is 14.4 Å². The van der Waals surface area contributed by atoms with Crippen LogP contribution in [0.3, 0.4) is 0 Å². The molecule has 1 unspecified atom stereocenters. The van der Waals surface area contributed by atoms with E-state index in [0.29, 0.717) is 0 Å². The molecule has 0 aromatic heterocycles. The van der Waals surface area contributed by atoms with Crippen molar-refractivity contribution in [2.45, 2.75) is 197 Å². The highest BCUT2D eigenvalue weighted by Gasteiger charge is 2.52. The van der Waals surface area contributed by atoms with Crippen LogP contribution in [0.1, 0.15) is 19.8 Å². The van der Waals surface area contributed by atoms with E-state index in [9.17, 15) is 132 Å². The number of Topliss-reactive ketones (excluding diaryl/α,β-unsaturated/α-hetero) is 2. The van der Waals surface area contributed by atoms with Crippen molar-refractivity contribution in [1.82, 2.24) is 0 Å². The van der Waals surface area contributed by atoms with Gasteiger partial charge in [0, 0.05) is 6.42 Å². The third-order valence-corrected chi connectivity index (χ3v) is 12.9. The van der Waals surface area contributed by atoms with Crippen LogP contribution in [0.2, 0.25) is 0 Å². The SMILES string of the molecule is CCC(O)(OC(=O)CC(=O)[C@H](O)[C@@H](O)[C@H](O)[C@H](O)CO[C@H]1O[C@H](CO[C@H]2O[C@H](CO)[C@@H](O)[C@H](O)[C@H]2O)[C@@H](O)[C@H](O)[C@H]1O)C(=O)[C@H](O)[C@@H](O)[C@H](O)[C@H](O)CO[C@H]1O[C@H](CO[C@H]2O[C@H](CO)[C@@H](O)[C@H](O)[C@H]2O)[C@@H](O)[C@H](O)[C@H]1O. The first-order chi connectivity index (χ1) is 35.5. The molecule has 35 heteroatoms. The van der Waals surface area contributed by atoms with E-state index in [1.54, 1.807) is 0 Å². The molecule has 0 aromatic rings. The average molecular weight is 1120 g/mol. The molecule has 444 valence electrons. The molecule has 4 rings (SSSR count). The summed E-state index contributed by atoms with van der Waals surface area (Å²) in [7, 11) is 0. The Kier molecular flexibility index (Phi) is 25.1. The molecule has 4 aliphatic heterocycles. The third-order valence-electron chi connectivity index (χ3n) is 12.9. The molecular weight excluding hydrogens is 1050 g/mol. The van der Waals surface area contributed by atoms with Crippen LogP contribution in [0.4, 0.5) is 0 Å². The van der Waals surface area contributed by atoms with Gasteiger partial charge in [-0.1, -0.05) is 6.92 Å². The van der Waals surface area contributed by atoms with Crippen LogP contribution < -0.4 is 0 Å². The summed E-state index contributed by atoms with van der Waals surface area (Å²) in [5.74, 6) is -8.95. The molecule has 0 amide bonds. The fraction of sp³-hybridized carbons (Fsp3) is 0.927. The molecule has 4 saturated heterocycles. The monoisotopic (exact) mass is 1120 g/mol. The van der Waals surface area contributed by atoms with E-state index in [0.717, 1.165) is 6.92 Å². The predicted octanol–water partition coefficient (Wildman–Crippen LogP) is -15.7. The minimum atomic E-state index is -3.43. The number of rotatable bonds is 27. The van der Waals surface area contributed by atoms with Crippen molar-refractivity contribution < 1.29 is 174 Å². The normalized spacial score (nSPS) is 40.4. The van der Waals surface area contributed by atoms with Crippen LogP contribution in [0.25, 0.3) is 0 Å². The quantitative estimate of drug-likeness (QED) is 0.0206. The highest BCUT2D eigenvalue weighted by molar-refractivity contribution is 6.00. The third kappa shape index (κ3) is 15.5. The molecule has 0 bridgehead atoms. The van der Waals surface area contributed by atoms with Crippen molar-refractivity contribution in [3.8, 4) is 0 Å². The Balaban J connectivity index is 1.25. The molecule has 0 saturated carbocycles. The maximum absolute atomic E-state index is 13.1. The van der Waals surface area contributed by atoms with Crippen LogP contribution in [-0.2, 0) is 57.0 Å². The Labute approximate surface area is 428 Å². The first kappa shape index (κ1) is 66.1. The molecule has 35 nitrogen and oxygen atoms in total. The van der Waals surface area contributed by atoms with E-state index in [1.807, 2.05) is 0 Å². The molecule has 0 aliphatic carbocycles. The van der Waals surface area contributed by atoms with Crippen molar-refractivity contribution in [1.29, 1.82) is 0 Å². The summed E-state index contributed by atoms with van der Waals surface area (Å²) in [4.78, 5) is 38.6. The van der Waals surface area contributed by atoms with Gasteiger partial charge in [0.25, 0.3) is 5.79 Å². The summed E-state index contributed by atoms with van der Waals surface area (Å²) in [5.41, 5.74) is 0. The van der Waals surface area contributed by atoms with Gasteiger partial charge in [0.05, 0.1) is 39.6 Å². The lowest BCUT2D eigenvalue weighted by Crippen LogP contribution is -2.62. The fourth-order valence-corrected chi connectivity index (χ4v) is 7.93. The number of ether oxygens (including phenoxy) is 9. The molecule has 23 N–H and O–H groups in total. The predicted molar refractivity (Wildman–Crippen MR) is 229 cm³/mol. The molecule has 76 heavy (non-hydrogen) atoms. The highest BCUT2D eigenvalue weighted by atomic mass is 16.7. The van der Waals surface area contributed by atoms with Gasteiger partial charge in [0.2, 0.25) is 5.78 Å². The number of hydrogen-bond donors (Lipinski definition) is 23. The van der Waals surface area contributed by atoms with E-state index < -0.39 is 247 Å². The van der Waals surface area contributed by atoms with Gasteiger partial charge in [-0.2, -0.15) is 0 Å². The number of carbonyl (C=O) groups is 3. The van der Waals surface area contributed by atoms with Crippen molar-refractivity contribution in [2.24, 2.45) is 0 Å². The van der Waals surface area contributed by atoms with Crippen LogP contribution in [-0.4, -0.2) is 352 Å². The van der Waals surface area contributed by atoms with Gasteiger partial charge >= 0.3 is 5.97 Å². The summed E-state index contributed by atoms with van der Waals surface area (Å²) in [6.07, 6.45) is -59.9. The van der Waals surface area contributed by atoms with Crippen LogP contribution in [0.5, 0.6) is 0 Å². The molecule has 0 spiro atoms. The number of aliphatic hydroxyl groups excluding tert-OH is 22. The Morgan fingerprint density at radius 3 is 1.11 bits per heavy atom. The van der Waals surface area contributed by atoms with E-state index in [4.69, 9.17) is 37.9 Å². The summed E-state index contributed by atoms with van der Waals surface area (Å²) in [6.45, 7) is -4.50. The Hall–Kier alpha value is -2.43. The second kappa shape index (κ2) is 28.8. The molecule has 29 atom stereocenters. The zero-order chi connectivity index (χ0) is 57.4. The molecule has 0 aromatic carbocycles. The Morgan fingerprint density at radius 1 is 0.447 bits per heavy atom. The van der Waals surface area contributed by atoms with Crippen molar-refractivity contribution in [2.75, 3.05) is 39.6 Å². The molecule has 4 heterocycles. The Morgan fingerprint density at radius 2 is 0.763 bits per heavy atom. The van der Waals surface area contributed by atoms with Gasteiger partial charge in [0.15, 0.2) is 30.9 Å². The van der Waals surface area contributed by atoms with Crippen molar-refractivity contribution >= 4 is 17.5 Å². The van der Waals surface area contributed by atoms with Gasteiger partial charge in [-0.05, 0) is 0 Å². The highest BCUT2D eigenvalue weighted by Crippen LogP contribution is 2.29. The number of esters is 1. The van der Waals surface area contributed by atoms with Crippen molar-refractivity contribution in [3.05, 3.63) is 0 Å². The van der Waals surface area contributed by atoms with Crippen LogP contribution in [0, 0.1) is 0 Å². The fourth-order valence-electron chi connectivity index (χ4n) is 7.93. The largest absolute Gasteiger partial charge is 0.425 e. The maximum Gasteiger partial charge on any atom is 0.316 e. The zero-order valence-electron chi connectivity index (χ0n) is 40.0. The van der Waals surface area contributed by atoms with Crippen molar-refractivity contribution in [3.63, 3.8) is 0 Å². The minimum absolute atomic E-state index is 0.777. The van der Waals surface area contributed by atoms with Crippen LogP contribution >= 0.6 is 0 Å². The van der Waals surface area contributed by atoms with Gasteiger partial charge in [-0.15, -0.1) is 0 Å². The van der Waals surface area contributed by atoms with Crippen LogP contribution in [0.15, 0.2) is 0 Å². The molecule has 4 fully saturated rings. The maximum atomic E-state index is 13.1. The number of aliphatic hydroxyl groups is 23. The first-order valence-electron chi connectivity index (χ1n) is 23.4.